The molecule has 0 radical (unpaired) electrons. The molecule has 3 nitrogen and oxygen atoms in total. The number of β-amino-alcohol motifs (C(OH)–C–C–N with tert-alkyl or cyclic N) is 1. The smallest absolute Gasteiger partial charge is 0.254 e. The molecule has 1 saturated heterocycles. The number of hydrogen-bond acceptors (Lipinski definition) is 3. The minimum Gasteiger partial charge on any atom is -0.391 e. The minimum absolute atomic E-state index is 0.0490. The summed E-state index contributed by atoms with van der Waals surface area (Å²) in [7, 11) is 0. The van der Waals surface area contributed by atoms with Crippen molar-refractivity contribution in [2.75, 3.05) is 13.1 Å². The molecule has 0 saturated carbocycles. The van der Waals surface area contributed by atoms with Crippen LogP contribution in [0.5, 0.6) is 0 Å². The monoisotopic (exact) mass is 337 g/mol. The number of nitrogens with zero attached hydrogens (tertiary/aromatic N) is 1. The minimum atomic E-state index is -0.347. The number of halogens is 1. The Morgan fingerprint density at radius 1 is 1.67 bits per heavy atom. The average Bonchev–Trinajstić information content (AvgIpc) is 2.64. The Morgan fingerprint density at radius 2 is 2.47 bits per heavy atom. The number of aliphatic hydroxyl groups excluding tert-OH is 1. The third-order valence-electron chi connectivity index (χ3n) is 2.50. The highest BCUT2D eigenvalue weighted by atomic mass is 127. The summed E-state index contributed by atoms with van der Waals surface area (Å²) in [5.74, 6) is 0.0490. The molecule has 1 aliphatic heterocycles. The summed E-state index contributed by atoms with van der Waals surface area (Å²) in [6.45, 7) is 1.24. The number of thiophene rings is 1. The molecule has 1 aliphatic rings. The number of hydrogen-bond donors (Lipinski definition) is 1. The standard InChI is InChI=1S/C10H12INO2S/c11-9-4-7(6-15-9)10(14)12-3-1-2-8(13)5-12/h4,6,8,13H,1-3,5H2/t8-/m0/s1. The van der Waals surface area contributed by atoms with Crippen LogP contribution in [0.3, 0.4) is 0 Å². The van der Waals surface area contributed by atoms with Crippen molar-refractivity contribution in [2.24, 2.45) is 0 Å². The third kappa shape index (κ3) is 2.70. The van der Waals surface area contributed by atoms with Gasteiger partial charge in [-0.15, -0.1) is 11.3 Å². The molecule has 1 aromatic heterocycles. The maximum Gasteiger partial charge on any atom is 0.254 e. The summed E-state index contributed by atoms with van der Waals surface area (Å²) in [6.07, 6.45) is 1.36. The van der Waals surface area contributed by atoms with Crippen LogP contribution in [-0.2, 0) is 0 Å². The fourth-order valence-corrected chi connectivity index (χ4v) is 3.06. The second kappa shape index (κ2) is 4.80. The van der Waals surface area contributed by atoms with Gasteiger partial charge in [-0.2, -0.15) is 0 Å². The fraction of sp³-hybridized carbons (Fsp3) is 0.500. The van der Waals surface area contributed by atoms with Crippen LogP contribution < -0.4 is 0 Å². The van der Waals surface area contributed by atoms with Gasteiger partial charge in [0, 0.05) is 18.5 Å². The highest BCUT2D eigenvalue weighted by Gasteiger charge is 2.23. The number of aliphatic hydroxyl groups is 1. The molecule has 1 atom stereocenters. The third-order valence-corrected chi connectivity index (χ3v) is 4.29. The number of piperidine rings is 1. The zero-order chi connectivity index (χ0) is 10.8. The van der Waals surface area contributed by atoms with Gasteiger partial charge in [0.05, 0.1) is 14.6 Å². The highest BCUT2D eigenvalue weighted by molar-refractivity contribution is 14.1. The van der Waals surface area contributed by atoms with Gasteiger partial charge in [0.15, 0.2) is 0 Å². The zero-order valence-electron chi connectivity index (χ0n) is 8.15. The van der Waals surface area contributed by atoms with E-state index in [1.54, 1.807) is 16.2 Å². The van der Waals surface area contributed by atoms with Crippen molar-refractivity contribution in [1.82, 2.24) is 4.90 Å². The predicted molar refractivity (Wildman–Crippen MR) is 68.2 cm³/mol. The lowest BCUT2D eigenvalue weighted by atomic mass is 10.1. The first-order valence-electron chi connectivity index (χ1n) is 4.88. The van der Waals surface area contributed by atoms with Gasteiger partial charge in [0.2, 0.25) is 0 Å². The normalized spacial score (nSPS) is 21.7. The van der Waals surface area contributed by atoms with Gasteiger partial charge in [0.25, 0.3) is 5.91 Å². The van der Waals surface area contributed by atoms with Crippen LogP contribution in [0.1, 0.15) is 23.2 Å². The van der Waals surface area contributed by atoms with Gasteiger partial charge >= 0.3 is 0 Å². The van der Waals surface area contributed by atoms with Gasteiger partial charge in [-0.05, 0) is 41.5 Å². The van der Waals surface area contributed by atoms with E-state index < -0.39 is 0 Å². The van der Waals surface area contributed by atoms with Crippen molar-refractivity contribution in [1.29, 1.82) is 0 Å². The number of rotatable bonds is 1. The zero-order valence-corrected chi connectivity index (χ0v) is 11.1. The molecule has 15 heavy (non-hydrogen) atoms. The SMILES string of the molecule is O=C(c1csc(I)c1)N1CCC[C@H](O)C1. The molecule has 0 bridgehead atoms. The largest absolute Gasteiger partial charge is 0.391 e. The molecule has 1 aromatic rings. The first-order chi connectivity index (χ1) is 7.16. The van der Waals surface area contributed by atoms with E-state index in [9.17, 15) is 9.90 Å². The Labute approximate surface area is 106 Å². The van der Waals surface area contributed by atoms with E-state index in [1.165, 1.54) is 0 Å². The molecule has 2 rings (SSSR count). The summed E-state index contributed by atoms with van der Waals surface area (Å²) >= 11 is 3.78. The van der Waals surface area contributed by atoms with Crippen molar-refractivity contribution < 1.29 is 9.90 Å². The topological polar surface area (TPSA) is 40.5 Å². The Morgan fingerprint density at radius 3 is 3.07 bits per heavy atom. The van der Waals surface area contributed by atoms with Gasteiger partial charge in [0.1, 0.15) is 0 Å². The average molecular weight is 337 g/mol. The summed E-state index contributed by atoms with van der Waals surface area (Å²) in [6, 6.07) is 1.90. The summed E-state index contributed by atoms with van der Waals surface area (Å²) in [5.41, 5.74) is 0.749. The molecular formula is C10H12INO2S. The molecule has 0 aromatic carbocycles. The van der Waals surface area contributed by atoms with Crippen molar-refractivity contribution in [3.05, 3.63) is 19.9 Å². The maximum atomic E-state index is 12.0. The first kappa shape index (κ1) is 11.3. The summed E-state index contributed by atoms with van der Waals surface area (Å²) in [5, 5.41) is 11.4. The van der Waals surface area contributed by atoms with Crippen LogP contribution >= 0.6 is 33.9 Å². The van der Waals surface area contributed by atoms with Crippen molar-refractivity contribution in [2.45, 2.75) is 18.9 Å². The maximum absolute atomic E-state index is 12.0. The van der Waals surface area contributed by atoms with Gasteiger partial charge < -0.3 is 10.0 Å². The van der Waals surface area contributed by atoms with Gasteiger partial charge in [-0.3, -0.25) is 4.79 Å². The van der Waals surface area contributed by atoms with E-state index in [4.69, 9.17) is 0 Å². The fourth-order valence-electron chi connectivity index (χ4n) is 1.74. The quantitative estimate of drug-likeness (QED) is 0.796. The van der Waals surface area contributed by atoms with Crippen LogP contribution in [-0.4, -0.2) is 35.1 Å². The van der Waals surface area contributed by atoms with E-state index >= 15 is 0 Å². The number of amides is 1. The van der Waals surface area contributed by atoms with E-state index in [0.717, 1.165) is 27.8 Å². The second-order valence-corrected chi connectivity index (χ2v) is 6.49. The lowest BCUT2D eigenvalue weighted by Crippen LogP contribution is -2.42. The lowest BCUT2D eigenvalue weighted by Gasteiger charge is -2.29. The molecule has 82 valence electrons. The van der Waals surface area contributed by atoms with E-state index in [1.807, 2.05) is 11.4 Å². The Balaban J connectivity index is 2.07. The first-order valence-corrected chi connectivity index (χ1v) is 6.84. The Kier molecular flexibility index (Phi) is 3.63. The Hall–Kier alpha value is -0.140. The van der Waals surface area contributed by atoms with E-state index in [-0.39, 0.29) is 12.0 Å². The van der Waals surface area contributed by atoms with Crippen LogP contribution in [0, 0.1) is 2.88 Å². The van der Waals surface area contributed by atoms with Gasteiger partial charge in [-0.25, -0.2) is 0 Å². The highest BCUT2D eigenvalue weighted by Crippen LogP contribution is 2.20. The van der Waals surface area contributed by atoms with Gasteiger partial charge in [-0.1, -0.05) is 0 Å². The molecule has 0 unspecified atom stereocenters. The second-order valence-electron chi connectivity index (χ2n) is 3.69. The van der Waals surface area contributed by atoms with Crippen LogP contribution in [0.25, 0.3) is 0 Å². The molecule has 5 heteroatoms. The summed E-state index contributed by atoms with van der Waals surface area (Å²) < 4.78 is 1.12. The number of likely N-dealkylation sites (tertiary alicyclic amines) is 1. The van der Waals surface area contributed by atoms with E-state index in [2.05, 4.69) is 22.6 Å². The molecule has 1 fully saturated rings. The predicted octanol–water partition coefficient (Wildman–Crippen LogP) is 1.95. The molecule has 2 heterocycles. The van der Waals surface area contributed by atoms with Crippen molar-refractivity contribution in [3.8, 4) is 0 Å². The van der Waals surface area contributed by atoms with Crippen LogP contribution in [0.4, 0.5) is 0 Å². The number of carbonyl (C=O) groups is 1. The summed E-state index contributed by atoms with van der Waals surface area (Å²) in [4.78, 5) is 13.7. The lowest BCUT2D eigenvalue weighted by molar-refractivity contribution is 0.0474. The van der Waals surface area contributed by atoms with E-state index in [0.29, 0.717) is 6.54 Å². The molecule has 0 spiro atoms. The van der Waals surface area contributed by atoms with Crippen LogP contribution in [0.2, 0.25) is 0 Å². The molecule has 1 amide bonds. The Bertz CT molecular complexity index is 366. The molecule has 0 aliphatic carbocycles. The van der Waals surface area contributed by atoms with Crippen molar-refractivity contribution in [3.63, 3.8) is 0 Å². The van der Waals surface area contributed by atoms with Crippen LogP contribution in [0.15, 0.2) is 11.4 Å². The molecular weight excluding hydrogens is 325 g/mol. The number of carbonyl (C=O) groups excluding carboxylic acids is 1. The van der Waals surface area contributed by atoms with Crippen molar-refractivity contribution >= 4 is 39.8 Å². The molecule has 1 N–H and O–H groups in total.